The number of nitrogens with one attached hydrogen (secondary N) is 1. The predicted octanol–water partition coefficient (Wildman–Crippen LogP) is 1.86. The highest BCUT2D eigenvalue weighted by Gasteiger charge is 2.17. The van der Waals surface area contributed by atoms with Crippen LogP contribution in [0.4, 0.5) is 10.3 Å². The van der Waals surface area contributed by atoms with Gasteiger partial charge in [0.1, 0.15) is 12.4 Å². The van der Waals surface area contributed by atoms with Gasteiger partial charge in [0.2, 0.25) is 12.2 Å². The van der Waals surface area contributed by atoms with Crippen molar-refractivity contribution in [1.29, 1.82) is 0 Å². The van der Waals surface area contributed by atoms with Crippen LogP contribution in [-0.2, 0) is 11.3 Å². The number of carbonyl (C=O) groups excluding carboxylic acids is 1. The van der Waals surface area contributed by atoms with E-state index >= 15 is 0 Å². The lowest BCUT2D eigenvalue weighted by Gasteiger charge is -2.14. The van der Waals surface area contributed by atoms with Crippen LogP contribution in [0.1, 0.15) is 18.5 Å². The van der Waals surface area contributed by atoms with Crippen LogP contribution in [0, 0.1) is 15.9 Å². The van der Waals surface area contributed by atoms with Crippen LogP contribution in [0.25, 0.3) is 0 Å². The number of rotatable bonds is 5. The third-order valence-corrected chi connectivity index (χ3v) is 3.10. The Balaban J connectivity index is 1.98. The van der Waals surface area contributed by atoms with Gasteiger partial charge in [-0.15, -0.1) is 0 Å². The van der Waals surface area contributed by atoms with Crippen molar-refractivity contribution in [2.45, 2.75) is 19.5 Å². The van der Waals surface area contributed by atoms with Crippen LogP contribution in [-0.4, -0.2) is 25.6 Å². The van der Waals surface area contributed by atoms with Crippen LogP contribution >= 0.6 is 11.6 Å². The Morgan fingerprint density at radius 1 is 1.59 bits per heavy atom. The Labute approximate surface area is 129 Å². The largest absolute Gasteiger partial charge is 0.490 e. The number of hydrogen-bond donors (Lipinski definition) is 1. The molecule has 1 aromatic carbocycles. The molecule has 0 spiro atoms. The van der Waals surface area contributed by atoms with E-state index in [9.17, 15) is 19.3 Å². The maximum Gasteiger partial charge on any atom is 0.490 e. The summed E-state index contributed by atoms with van der Waals surface area (Å²) < 4.78 is 14.1. The number of carbonyl (C=O) groups is 1. The smallest absolute Gasteiger partial charge is 0.390 e. The summed E-state index contributed by atoms with van der Waals surface area (Å²) in [7, 11) is 0. The van der Waals surface area contributed by atoms with Crippen molar-refractivity contribution in [2.75, 3.05) is 0 Å². The van der Waals surface area contributed by atoms with Gasteiger partial charge in [0, 0.05) is 5.10 Å². The fourth-order valence-electron chi connectivity index (χ4n) is 1.74. The van der Waals surface area contributed by atoms with Crippen LogP contribution in [0.5, 0.6) is 0 Å². The summed E-state index contributed by atoms with van der Waals surface area (Å²) in [6.45, 7) is 1.48. The highest BCUT2D eigenvalue weighted by Crippen LogP contribution is 2.20. The van der Waals surface area contributed by atoms with Gasteiger partial charge in [-0.05, 0) is 29.5 Å². The van der Waals surface area contributed by atoms with E-state index in [2.05, 4.69) is 15.4 Å². The SMILES string of the molecule is CC(NC(=O)Cn1cnc([N+](=O)[O-])n1)c1ccc(F)c(Cl)c1. The molecule has 116 valence electrons. The van der Waals surface area contributed by atoms with E-state index in [0.29, 0.717) is 5.56 Å². The third kappa shape index (κ3) is 3.76. The molecule has 0 saturated carbocycles. The van der Waals surface area contributed by atoms with Gasteiger partial charge in [-0.2, -0.15) is 4.68 Å². The molecule has 0 aliphatic heterocycles. The summed E-state index contributed by atoms with van der Waals surface area (Å²) in [4.78, 5) is 25.0. The fraction of sp³-hybridized carbons (Fsp3) is 0.250. The van der Waals surface area contributed by atoms with Gasteiger partial charge in [0.25, 0.3) is 0 Å². The van der Waals surface area contributed by atoms with Crippen molar-refractivity contribution in [1.82, 2.24) is 20.1 Å². The molecule has 22 heavy (non-hydrogen) atoms. The van der Waals surface area contributed by atoms with Gasteiger partial charge >= 0.3 is 5.95 Å². The summed E-state index contributed by atoms with van der Waals surface area (Å²) in [6.07, 6.45) is 1.09. The average molecular weight is 328 g/mol. The number of halogens is 2. The normalized spacial score (nSPS) is 12.0. The van der Waals surface area contributed by atoms with Crippen LogP contribution in [0.15, 0.2) is 24.5 Å². The van der Waals surface area contributed by atoms with Crippen LogP contribution in [0.3, 0.4) is 0 Å². The van der Waals surface area contributed by atoms with Crippen molar-refractivity contribution < 1.29 is 14.1 Å². The second-order valence-electron chi connectivity index (χ2n) is 4.46. The van der Waals surface area contributed by atoms with E-state index in [-0.39, 0.29) is 11.6 Å². The number of amides is 1. The van der Waals surface area contributed by atoms with Crippen LogP contribution in [0.2, 0.25) is 5.02 Å². The molecule has 0 bridgehead atoms. The lowest BCUT2D eigenvalue weighted by Crippen LogP contribution is -2.30. The Morgan fingerprint density at radius 2 is 2.32 bits per heavy atom. The first-order chi connectivity index (χ1) is 10.4. The van der Waals surface area contributed by atoms with Crippen LogP contribution < -0.4 is 5.32 Å². The molecule has 1 N–H and O–H groups in total. The van der Waals surface area contributed by atoms with E-state index in [4.69, 9.17) is 11.6 Å². The molecule has 2 aromatic rings. The molecule has 0 radical (unpaired) electrons. The van der Waals surface area contributed by atoms with Gasteiger partial charge in [0.05, 0.1) is 11.1 Å². The second kappa shape index (κ2) is 6.48. The van der Waals surface area contributed by atoms with Gasteiger partial charge < -0.3 is 15.4 Å². The molecule has 10 heteroatoms. The van der Waals surface area contributed by atoms with Gasteiger partial charge in [-0.25, -0.2) is 4.39 Å². The summed E-state index contributed by atoms with van der Waals surface area (Å²) in [5, 5.41) is 16.6. The van der Waals surface area contributed by atoms with Crippen molar-refractivity contribution in [2.24, 2.45) is 0 Å². The van der Waals surface area contributed by atoms with Gasteiger partial charge in [-0.1, -0.05) is 22.7 Å². The predicted molar refractivity (Wildman–Crippen MR) is 74.6 cm³/mol. The third-order valence-electron chi connectivity index (χ3n) is 2.81. The molecule has 1 unspecified atom stereocenters. The zero-order chi connectivity index (χ0) is 16.3. The Bertz CT molecular complexity index is 721. The number of aromatic nitrogens is 3. The molecule has 1 atom stereocenters. The minimum atomic E-state index is -0.752. The zero-order valence-corrected chi connectivity index (χ0v) is 12.1. The van der Waals surface area contributed by atoms with E-state index in [0.717, 1.165) is 11.0 Å². The molecule has 8 nitrogen and oxygen atoms in total. The van der Waals surface area contributed by atoms with E-state index < -0.39 is 28.6 Å². The summed E-state index contributed by atoms with van der Waals surface area (Å²) in [5.41, 5.74) is 0.629. The molecule has 2 rings (SSSR count). The molecule has 0 fully saturated rings. The molecule has 0 saturated heterocycles. The highest BCUT2D eigenvalue weighted by atomic mass is 35.5. The molecular formula is C12H11ClFN5O3. The maximum absolute atomic E-state index is 13.1. The van der Waals surface area contributed by atoms with Crippen molar-refractivity contribution in [3.05, 3.63) is 51.0 Å². The highest BCUT2D eigenvalue weighted by molar-refractivity contribution is 6.30. The van der Waals surface area contributed by atoms with E-state index in [1.807, 2.05) is 0 Å². The molecule has 0 aliphatic rings. The molecule has 1 heterocycles. The quantitative estimate of drug-likeness (QED) is 0.667. The average Bonchev–Trinajstić information content (AvgIpc) is 2.90. The minimum absolute atomic E-state index is 0.0366. The molecular weight excluding hydrogens is 317 g/mol. The molecule has 1 amide bonds. The summed E-state index contributed by atoms with van der Waals surface area (Å²) in [5.74, 6) is -1.54. The Hall–Kier alpha value is -2.55. The second-order valence-corrected chi connectivity index (χ2v) is 4.87. The maximum atomic E-state index is 13.1. The zero-order valence-electron chi connectivity index (χ0n) is 11.4. The monoisotopic (exact) mass is 327 g/mol. The minimum Gasteiger partial charge on any atom is -0.390 e. The van der Waals surface area contributed by atoms with Gasteiger partial charge in [-0.3, -0.25) is 4.79 Å². The lowest BCUT2D eigenvalue weighted by atomic mass is 10.1. The fourth-order valence-corrected chi connectivity index (χ4v) is 1.93. The molecule has 1 aromatic heterocycles. The van der Waals surface area contributed by atoms with Crippen molar-refractivity contribution in [3.63, 3.8) is 0 Å². The molecule has 0 aliphatic carbocycles. The lowest BCUT2D eigenvalue weighted by molar-refractivity contribution is -0.394. The Kier molecular flexibility index (Phi) is 4.66. The van der Waals surface area contributed by atoms with Crippen molar-refractivity contribution in [3.8, 4) is 0 Å². The number of hydrogen-bond acceptors (Lipinski definition) is 5. The first-order valence-electron chi connectivity index (χ1n) is 6.15. The van der Waals surface area contributed by atoms with E-state index in [1.54, 1.807) is 6.92 Å². The van der Waals surface area contributed by atoms with E-state index in [1.165, 1.54) is 18.2 Å². The number of nitro groups is 1. The first-order valence-corrected chi connectivity index (χ1v) is 6.52. The number of nitrogens with zero attached hydrogens (tertiary/aromatic N) is 4. The topological polar surface area (TPSA) is 103 Å². The van der Waals surface area contributed by atoms with Gasteiger partial charge in [0.15, 0.2) is 0 Å². The summed E-state index contributed by atoms with van der Waals surface area (Å²) >= 11 is 5.68. The number of benzene rings is 1. The standard InChI is InChI=1S/C12H11ClFN5O3/c1-7(8-2-3-10(14)9(13)4-8)16-11(20)5-18-6-15-12(17-18)19(21)22/h2-4,6-7H,5H2,1H3,(H,16,20). The first kappa shape index (κ1) is 15.8. The van der Waals surface area contributed by atoms with Crippen molar-refractivity contribution >= 4 is 23.5 Å². The summed E-state index contributed by atoms with van der Waals surface area (Å²) in [6, 6.07) is 3.72. The Morgan fingerprint density at radius 3 is 2.91 bits per heavy atom.